The Morgan fingerprint density at radius 2 is 1.83 bits per heavy atom. The van der Waals surface area contributed by atoms with Crippen molar-refractivity contribution in [3.8, 4) is 0 Å². The van der Waals surface area contributed by atoms with Crippen molar-refractivity contribution >= 4 is 39.2 Å². The van der Waals surface area contributed by atoms with Crippen molar-refractivity contribution in [3.05, 3.63) is 60.6 Å². The number of likely N-dealkylation sites (N-methyl/N-ethyl adjacent to an activating group) is 1. The predicted molar refractivity (Wildman–Crippen MR) is 115 cm³/mol. The quantitative estimate of drug-likeness (QED) is 0.566. The fourth-order valence-corrected chi connectivity index (χ4v) is 3.83. The van der Waals surface area contributed by atoms with Crippen LogP contribution in [0.15, 0.2) is 54.9 Å². The number of hydrogen-bond donors (Lipinski definition) is 2. The van der Waals surface area contributed by atoms with Crippen LogP contribution in [0.3, 0.4) is 0 Å². The number of pyridine rings is 2. The number of carbonyl (C=O) groups is 1. The van der Waals surface area contributed by atoms with E-state index in [2.05, 4.69) is 37.1 Å². The van der Waals surface area contributed by atoms with Crippen LogP contribution in [0.4, 0.5) is 11.5 Å². The summed E-state index contributed by atoms with van der Waals surface area (Å²) in [6.07, 6.45) is 3.49. The number of hydrogen-bond acceptors (Lipinski definition) is 5. The first-order valence-corrected chi connectivity index (χ1v) is 9.75. The highest BCUT2D eigenvalue weighted by Gasteiger charge is 2.17. The Morgan fingerprint density at radius 3 is 2.62 bits per heavy atom. The van der Waals surface area contributed by atoms with E-state index in [-0.39, 0.29) is 5.91 Å². The smallest absolute Gasteiger partial charge is 0.277 e. The lowest BCUT2D eigenvalue weighted by Crippen LogP contribution is -2.44. The highest BCUT2D eigenvalue weighted by Crippen LogP contribution is 2.26. The van der Waals surface area contributed by atoms with Gasteiger partial charge in [-0.05, 0) is 31.3 Å². The van der Waals surface area contributed by atoms with Crippen molar-refractivity contribution in [1.82, 2.24) is 19.9 Å². The molecule has 7 heteroatoms. The summed E-state index contributed by atoms with van der Waals surface area (Å²) in [5, 5.41) is 4.94. The second kappa shape index (κ2) is 7.18. The summed E-state index contributed by atoms with van der Waals surface area (Å²) in [5.74, 6) is 0.241. The molecular weight excluding hydrogens is 364 g/mol. The van der Waals surface area contributed by atoms with Crippen LogP contribution < -0.4 is 10.2 Å². The monoisotopic (exact) mass is 386 g/mol. The van der Waals surface area contributed by atoms with Gasteiger partial charge in [-0.1, -0.05) is 18.2 Å². The molecule has 4 aromatic rings. The maximum absolute atomic E-state index is 12.9. The van der Waals surface area contributed by atoms with Crippen LogP contribution >= 0.6 is 0 Å². The molecule has 0 unspecified atom stereocenters. The van der Waals surface area contributed by atoms with Crippen molar-refractivity contribution in [3.63, 3.8) is 0 Å². The summed E-state index contributed by atoms with van der Waals surface area (Å²) in [7, 11) is 2.13. The van der Waals surface area contributed by atoms with Gasteiger partial charge < -0.3 is 20.1 Å². The molecular formula is C22H22N6O. The van der Waals surface area contributed by atoms with Gasteiger partial charge in [0.05, 0.1) is 17.4 Å². The van der Waals surface area contributed by atoms with Crippen LogP contribution in [-0.4, -0.2) is 59.0 Å². The molecule has 1 aromatic carbocycles. The Hall–Kier alpha value is -3.45. The summed E-state index contributed by atoms with van der Waals surface area (Å²) in [6.45, 7) is 4.05. The maximum atomic E-state index is 12.9. The summed E-state index contributed by atoms with van der Waals surface area (Å²) < 4.78 is 0. The molecule has 1 aliphatic rings. The third kappa shape index (κ3) is 3.30. The number of nitrogens with zero attached hydrogens (tertiary/aromatic N) is 4. The van der Waals surface area contributed by atoms with Gasteiger partial charge in [0.25, 0.3) is 5.91 Å². The van der Waals surface area contributed by atoms with E-state index >= 15 is 0 Å². The topological polar surface area (TPSA) is 77.1 Å². The SMILES string of the molecule is CN1CCN(c2ccc(NC(=O)c3nccc4c3[nH]c3ccccc34)nc2)CC1. The first-order valence-electron chi connectivity index (χ1n) is 9.75. The number of rotatable bonds is 3. The normalized spacial score (nSPS) is 15.1. The Kier molecular flexibility index (Phi) is 4.37. The highest BCUT2D eigenvalue weighted by molar-refractivity contribution is 6.16. The fraction of sp³-hybridized carbons (Fsp3) is 0.227. The van der Waals surface area contributed by atoms with Gasteiger partial charge >= 0.3 is 0 Å². The summed E-state index contributed by atoms with van der Waals surface area (Å²) in [5.41, 5.74) is 3.16. The molecule has 1 amide bonds. The molecule has 7 nitrogen and oxygen atoms in total. The van der Waals surface area contributed by atoms with Crippen LogP contribution in [-0.2, 0) is 0 Å². The minimum absolute atomic E-state index is 0.276. The summed E-state index contributed by atoms with van der Waals surface area (Å²) in [6, 6.07) is 13.8. The maximum Gasteiger partial charge on any atom is 0.277 e. The van der Waals surface area contributed by atoms with Crippen LogP contribution in [0.2, 0.25) is 0 Å². The number of piperazine rings is 1. The molecule has 1 aliphatic heterocycles. The van der Waals surface area contributed by atoms with Crippen molar-refractivity contribution < 1.29 is 4.79 Å². The number of fused-ring (bicyclic) bond motifs is 3. The number of anilines is 2. The fourth-order valence-electron chi connectivity index (χ4n) is 3.83. The van der Waals surface area contributed by atoms with Crippen molar-refractivity contribution in [1.29, 1.82) is 0 Å². The molecule has 0 radical (unpaired) electrons. The highest BCUT2D eigenvalue weighted by atomic mass is 16.1. The number of aromatic nitrogens is 3. The second-order valence-corrected chi connectivity index (χ2v) is 7.40. The molecule has 0 spiro atoms. The average molecular weight is 386 g/mol. The van der Waals surface area contributed by atoms with E-state index in [9.17, 15) is 4.79 Å². The number of para-hydroxylation sites is 1. The van der Waals surface area contributed by atoms with Gasteiger partial charge in [-0.2, -0.15) is 0 Å². The van der Waals surface area contributed by atoms with E-state index in [1.165, 1.54) is 0 Å². The van der Waals surface area contributed by atoms with Crippen LogP contribution in [0.1, 0.15) is 10.5 Å². The first-order chi connectivity index (χ1) is 14.2. The Balaban J connectivity index is 1.38. The first kappa shape index (κ1) is 17.6. The molecule has 5 rings (SSSR count). The number of benzene rings is 1. The molecule has 0 saturated carbocycles. The van der Waals surface area contributed by atoms with E-state index in [4.69, 9.17) is 0 Å². The summed E-state index contributed by atoms with van der Waals surface area (Å²) in [4.78, 5) is 29.6. The number of nitrogens with one attached hydrogen (secondary N) is 2. The van der Waals surface area contributed by atoms with E-state index in [1.54, 1.807) is 6.20 Å². The van der Waals surface area contributed by atoms with Gasteiger partial charge in [0.15, 0.2) is 5.69 Å². The molecule has 1 fully saturated rings. The molecule has 146 valence electrons. The molecule has 29 heavy (non-hydrogen) atoms. The zero-order chi connectivity index (χ0) is 19.8. The lowest BCUT2D eigenvalue weighted by atomic mass is 10.1. The number of H-pyrrole nitrogens is 1. The molecule has 4 heterocycles. The zero-order valence-electron chi connectivity index (χ0n) is 16.2. The number of amides is 1. The van der Waals surface area contributed by atoms with E-state index in [0.717, 1.165) is 53.7 Å². The lowest BCUT2D eigenvalue weighted by Gasteiger charge is -2.33. The van der Waals surface area contributed by atoms with E-state index < -0.39 is 0 Å². The van der Waals surface area contributed by atoms with Crippen molar-refractivity contribution in [2.45, 2.75) is 0 Å². The van der Waals surface area contributed by atoms with Crippen LogP contribution in [0, 0.1) is 0 Å². The third-order valence-electron chi connectivity index (χ3n) is 5.50. The lowest BCUT2D eigenvalue weighted by molar-refractivity contribution is 0.102. The average Bonchev–Trinajstić information content (AvgIpc) is 3.14. The van der Waals surface area contributed by atoms with E-state index in [0.29, 0.717) is 11.5 Å². The van der Waals surface area contributed by atoms with Crippen LogP contribution in [0.5, 0.6) is 0 Å². The molecule has 2 N–H and O–H groups in total. The molecule has 3 aromatic heterocycles. The van der Waals surface area contributed by atoms with Gasteiger partial charge in [0.1, 0.15) is 5.82 Å². The van der Waals surface area contributed by atoms with Crippen molar-refractivity contribution in [2.24, 2.45) is 0 Å². The molecule has 0 aliphatic carbocycles. The number of aromatic amines is 1. The zero-order valence-corrected chi connectivity index (χ0v) is 16.2. The Bertz CT molecular complexity index is 1180. The minimum atomic E-state index is -0.276. The number of carbonyl (C=O) groups excluding carboxylic acids is 1. The van der Waals surface area contributed by atoms with Gasteiger partial charge in [0, 0.05) is 48.7 Å². The summed E-state index contributed by atoms with van der Waals surface area (Å²) >= 11 is 0. The van der Waals surface area contributed by atoms with Gasteiger partial charge in [-0.3, -0.25) is 4.79 Å². The Morgan fingerprint density at radius 1 is 1.00 bits per heavy atom. The largest absolute Gasteiger partial charge is 0.368 e. The Labute approximate surface area is 168 Å². The van der Waals surface area contributed by atoms with Crippen LogP contribution in [0.25, 0.3) is 21.8 Å². The molecule has 0 bridgehead atoms. The predicted octanol–water partition coefficient (Wildman–Crippen LogP) is 3.12. The second-order valence-electron chi connectivity index (χ2n) is 7.40. The van der Waals surface area contributed by atoms with Crippen molar-refractivity contribution in [2.75, 3.05) is 43.4 Å². The minimum Gasteiger partial charge on any atom is -0.368 e. The standard InChI is InChI=1S/C22H22N6O/c1-27-10-12-28(13-11-27)15-6-7-19(24-14-15)26-22(29)21-20-17(8-9-23-21)16-4-2-3-5-18(16)25-20/h2-9,14,25H,10-13H2,1H3,(H,24,26,29). The molecule has 0 atom stereocenters. The molecule has 1 saturated heterocycles. The van der Waals surface area contributed by atoms with E-state index in [1.807, 2.05) is 48.7 Å². The van der Waals surface area contributed by atoms with Gasteiger partial charge in [-0.25, -0.2) is 9.97 Å². The van der Waals surface area contributed by atoms with Gasteiger partial charge in [0.2, 0.25) is 0 Å². The van der Waals surface area contributed by atoms with Gasteiger partial charge in [-0.15, -0.1) is 0 Å². The third-order valence-corrected chi connectivity index (χ3v) is 5.50.